The zero-order chi connectivity index (χ0) is 10.3. The molecule has 0 aliphatic carbocycles. The number of hydrogen-bond donors (Lipinski definition) is 1. The predicted octanol–water partition coefficient (Wildman–Crippen LogP) is 3.73. The molecule has 0 atom stereocenters. The lowest BCUT2D eigenvalue weighted by Crippen LogP contribution is -1.85. The van der Waals surface area contributed by atoms with E-state index in [1.54, 1.807) is 6.07 Å². The van der Waals surface area contributed by atoms with Crippen LogP contribution in [0.1, 0.15) is 16.9 Å². The van der Waals surface area contributed by atoms with Gasteiger partial charge in [0.25, 0.3) is 6.43 Å². The number of hydrogen-bond acceptors (Lipinski definition) is 2. The van der Waals surface area contributed by atoms with Gasteiger partial charge in [0.15, 0.2) is 0 Å². The van der Waals surface area contributed by atoms with Gasteiger partial charge < -0.3 is 5.73 Å². The fourth-order valence-corrected chi connectivity index (χ4v) is 2.42. The van der Waals surface area contributed by atoms with Crippen LogP contribution >= 0.6 is 11.3 Å². The zero-order valence-electron chi connectivity index (χ0n) is 7.55. The highest BCUT2D eigenvalue weighted by Gasteiger charge is 2.10. The Labute approximate surface area is 84.2 Å². The maximum Gasteiger partial charge on any atom is 0.263 e. The summed E-state index contributed by atoms with van der Waals surface area (Å²) in [6, 6.07) is 4.60. The third kappa shape index (κ3) is 1.35. The standard InChI is InChI=1S/C10H9F2NS/c1-5-9(13)7-3-2-6(10(11)12)4-8(7)14-5/h2-4,10H,13H2,1H3. The van der Waals surface area contributed by atoms with E-state index in [0.29, 0.717) is 5.69 Å². The van der Waals surface area contributed by atoms with Gasteiger partial charge in [-0.15, -0.1) is 11.3 Å². The number of nitrogens with two attached hydrogens (primary N) is 1. The first kappa shape index (κ1) is 9.40. The summed E-state index contributed by atoms with van der Waals surface area (Å²) < 4.78 is 25.6. The first-order chi connectivity index (χ1) is 6.59. The highest BCUT2D eigenvalue weighted by molar-refractivity contribution is 7.19. The number of halogens is 2. The summed E-state index contributed by atoms with van der Waals surface area (Å²) in [5.41, 5.74) is 6.54. The average Bonchev–Trinajstić information content (AvgIpc) is 2.42. The molecule has 0 saturated heterocycles. The Morgan fingerprint density at radius 2 is 2.07 bits per heavy atom. The first-order valence-corrected chi connectivity index (χ1v) is 4.98. The molecule has 1 nitrogen and oxygen atoms in total. The van der Waals surface area contributed by atoms with Crippen LogP contribution in [0.2, 0.25) is 0 Å². The Morgan fingerprint density at radius 1 is 1.36 bits per heavy atom. The van der Waals surface area contributed by atoms with Crippen molar-refractivity contribution in [3.05, 3.63) is 28.6 Å². The minimum atomic E-state index is -2.41. The van der Waals surface area contributed by atoms with E-state index in [-0.39, 0.29) is 5.56 Å². The second-order valence-electron chi connectivity index (χ2n) is 3.13. The van der Waals surface area contributed by atoms with Crippen molar-refractivity contribution in [1.82, 2.24) is 0 Å². The van der Waals surface area contributed by atoms with Crippen molar-refractivity contribution in [2.24, 2.45) is 0 Å². The highest BCUT2D eigenvalue weighted by atomic mass is 32.1. The molecular weight excluding hydrogens is 204 g/mol. The van der Waals surface area contributed by atoms with E-state index in [1.807, 2.05) is 6.92 Å². The normalized spacial score (nSPS) is 11.4. The first-order valence-electron chi connectivity index (χ1n) is 4.16. The second kappa shape index (κ2) is 3.20. The van der Waals surface area contributed by atoms with Crippen LogP contribution in [0.25, 0.3) is 10.1 Å². The molecule has 0 fully saturated rings. The summed E-state index contributed by atoms with van der Waals surface area (Å²) in [5.74, 6) is 0. The van der Waals surface area contributed by atoms with Crippen molar-refractivity contribution in [3.63, 3.8) is 0 Å². The molecule has 14 heavy (non-hydrogen) atoms. The van der Waals surface area contributed by atoms with E-state index in [0.717, 1.165) is 15.0 Å². The third-order valence-corrected chi connectivity index (χ3v) is 3.27. The van der Waals surface area contributed by atoms with Crippen molar-refractivity contribution in [2.75, 3.05) is 5.73 Å². The van der Waals surface area contributed by atoms with Gasteiger partial charge in [-0.25, -0.2) is 8.78 Å². The van der Waals surface area contributed by atoms with Gasteiger partial charge in [0.1, 0.15) is 0 Å². The molecule has 1 aromatic carbocycles. The Morgan fingerprint density at radius 3 is 2.71 bits per heavy atom. The molecule has 4 heteroatoms. The fraction of sp³-hybridized carbons (Fsp3) is 0.200. The van der Waals surface area contributed by atoms with Crippen LogP contribution in [0.3, 0.4) is 0 Å². The minimum absolute atomic E-state index is 0.0544. The monoisotopic (exact) mass is 213 g/mol. The molecule has 74 valence electrons. The van der Waals surface area contributed by atoms with Crippen molar-refractivity contribution >= 4 is 27.1 Å². The quantitative estimate of drug-likeness (QED) is 0.767. The molecular formula is C10H9F2NS. The van der Waals surface area contributed by atoms with E-state index < -0.39 is 6.43 Å². The van der Waals surface area contributed by atoms with E-state index in [1.165, 1.54) is 23.5 Å². The lowest BCUT2D eigenvalue weighted by molar-refractivity contribution is 0.151. The van der Waals surface area contributed by atoms with Crippen molar-refractivity contribution < 1.29 is 8.78 Å². The smallest absolute Gasteiger partial charge is 0.263 e. The number of thiophene rings is 1. The Hall–Kier alpha value is -1.16. The Balaban J connectivity index is 2.67. The zero-order valence-corrected chi connectivity index (χ0v) is 8.37. The second-order valence-corrected chi connectivity index (χ2v) is 4.38. The minimum Gasteiger partial charge on any atom is -0.397 e. The lowest BCUT2D eigenvalue weighted by atomic mass is 10.1. The van der Waals surface area contributed by atoms with Gasteiger partial charge in [-0.1, -0.05) is 12.1 Å². The van der Waals surface area contributed by atoms with Crippen LogP contribution in [0, 0.1) is 6.92 Å². The number of nitrogen functional groups attached to an aromatic ring is 1. The molecule has 1 heterocycles. The molecule has 2 rings (SSSR count). The molecule has 0 bridgehead atoms. The summed E-state index contributed by atoms with van der Waals surface area (Å²) >= 11 is 1.45. The fourth-order valence-electron chi connectivity index (χ4n) is 1.39. The maximum absolute atomic E-state index is 12.4. The molecule has 0 aliphatic rings. The highest BCUT2D eigenvalue weighted by Crippen LogP contribution is 2.35. The molecule has 2 aromatic rings. The van der Waals surface area contributed by atoms with E-state index in [2.05, 4.69) is 0 Å². The van der Waals surface area contributed by atoms with Crippen molar-refractivity contribution in [3.8, 4) is 0 Å². The molecule has 0 spiro atoms. The number of aryl methyl sites for hydroxylation is 1. The van der Waals surface area contributed by atoms with Crippen LogP contribution in [0.4, 0.5) is 14.5 Å². The number of fused-ring (bicyclic) bond motifs is 1. The van der Waals surface area contributed by atoms with Gasteiger partial charge >= 0.3 is 0 Å². The van der Waals surface area contributed by atoms with Crippen LogP contribution in [0.5, 0.6) is 0 Å². The van der Waals surface area contributed by atoms with Crippen LogP contribution in [0.15, 0.2) is 18.2 Å². The van der Waals surface area contributed by atoms with E-state index >= 15 is 0 Å². The Bertz CT molecular complexity index is 476. The molecule has 0 unspecified atom stereocenters. The molecule has 0 aliphatic heterocycles. The predicted molar refractivity (Wildman–Crippen MR) is 55.9 cm³/mol. The summed E-state index contributed by atoms with van der Waals surface area (Å²) in [7, 11) is 0. The number of rotatable bonds is 1. The number of anilines is 1. The van der Waals surface area contributed by atoms with Crippen LogP contribution in [-0.4, -0.2) is 0 Å². The van der Waals surface area contributed by atoms with Crippen molar-refractivity contribution in [2.45, 2.75) is 13.3 Å². The molecule has 0 amide bonds. The summed E-state index contributed by atoms with van der Waals surface area (Å²) in [5, 5.41) is 0.872. The van der Waals surface area contributed by atoms with Gasteiger partial charge in [0.05, 0.1) is 5.69 Å². The topological polar surface area (TPSA) is 26.0 Å². The third-order valence-electron chi connectivity index (χ3n) is 2.19. The van der Waals surface area contributed by atoms with Gasteiger partial charge in [0.2, 0.25) is 0 Å². The number of benzene rings is 1. The molecule has 2 N–H and O–H groups in total. The largest absolute Gasteiger partial charge is 0.397 e. The van der Waals surface area contributed by atoms with Crippen LogP contribution < -0.4 is 5.73 Å². The average molecular weight is 213 g/mol. The summed E-state index contributed by atoms with van der Waals surface area (Å²) in [6.45, 7) is 1.89. The number of alkyl halides is 2. The summed E-state index contributed by atoms with van der Waals surface area (Å²) in [6.07, 6.45) is -2.41. The molecule has 0 radical (unpaired) electrons. The van der Waals surface area contributed by atoms with Crippen LogP contribution in [-0.2, 0) is 0 Å². The van der Waals surface area contributed by atoms with E-state index in [9.17, 15) is 8.78 Å². The van der Waals surface area contributed by atoms with E-state index in [4.69, 9.17) is 5.73 Å². The van der Waals surface area contributed by atoms with Gasteiger partial charge in [-0.2, -0.15) is 0 Å². The SMILES string of the molecule is Cc1sc2cc(C(F)F)ccc2c1N. The van der Waals surface area contributed by atoms with Gasteiger partial charge in [0, 0.05) is 20.5 Å². The molecule has 1 aromatic heterocycles. The maximum atomic E-state index is 12.4. The summed E-state index contributed by atoms with van der Waals surface area (Å²) in [4.78, 5) is 0.978. The Kier molecular flexibility index (Phi) is 2.15. The lowest BCUT2D eigenvalue weighted by Gasteiger charge is -1.98. The van der Waals surface area contributed by atoms with Gasteiger partial charge in [-0.05, 0) is 13.0 Å². The van der Waals surface area contributed by atoms with Crippen molar-refractivity contribution in [1.29, 1.82) is 0 Å². The van der Waals surface area contributed by atoms with Gasteiger partial charge in [-0.3, -0.25) is 0 Å². The molecule has 0 saturated carbocycles.